The molecule has 0 unspecified atom stereocenters. The summed E-state index contributed by atoms with van der Waals surface area (Å²) in [5, 5.41) is 26.6. The van der Waals surface area contributed by atoms with Crippen molar-refractivity contribution in [3.8, 4) is 5.75 Å². The van der Waals surface area contributed by atoms with Crippen LogP contribution in [0.15, 0.2) is 42.5 Å². The number of anilines is 2. The smallest absolute Gasteiger partial charge is 0.271 e. The average Bonchev–Trinajstić information content (AvgIpc) is 2.42. The number of nitrogens with one attached hydrogen (secondary N) is 2. The number of aromatic hydroxyl groups is 1. The molecule has 3 N–H and O–H groups in total. The molecule has 6 nitrogen and oxygen atoms in total. The Kier molecular flexibility index (Phi) is 4.56. The number of hydrogen-bond donors (Lipinski definition) is 3. The number of benzene rings is 2. The second-order valence-corrected chi connectivity index (χ2v) is 4.89. The number of thiocarbonyl (C=S) groups is 1. The molecule has 0 saturated carbocycles. The molecule has 0 aliphatic carbocycles. The van der Waals surface area contributed by atoms with Crippen LogP contribution in [0.5, 0.6) is 5.75 Å². The molecular weight excluding hydrogens is 314 g/mol. The van der Waals surface area contributed by atoms with Gasteiger partial charge in [-0.3, -0.25) is 10.1 Å². The van der Waals surface area contributed by atoms with E-state index in [1.807, 2.05) is 0 Å². The number of nitro groups is 1. The summed E-state index contributed by atoms with van der Waals surface area (Å²) >= 11 is 10.8. The van der Waals surface area contributed by atoms with E-state index in [2.05, 4.69) is 10.6 Å². The van der Waals surface area contributed by atoms with Crippen molar-refractivity contribution < 1.29 is 10.0 Å². The third kappa shape index (κ3) is 4.04. The van der Waals surface area contributed by atoms with E-state index in [1.54, 1.807) is 24.3 Å². The highest BCUT2D eigenvalue weighted by molar-refractivity contribution is 7.80. The minimum Gasteiger partial charge on any atom is -0.506 e. The molecular formula is C13H10ClN3O3S. The molecule has 0 atom stereocenters. The molecule has 2 aromatic carbocycles. The van der Waals surface area contributed by atoms with E-state index in [0.29, 0.717) is 16.4 Å². The van der Waals surface area contributed by atoms with Gasteiger partial charge in [-0.15, -0.1) is 0 Å². The van der Waals surface area contributed by atoms with Crippen LogP contribution >= 0.6 is 23.8 Å². The van der Waals surface area contributed by atoms with Crippen molar-refractivity contribution in [1.29, 1.82) is 0 Å². The molecule has 0 aliphatic rings. The maximum atomic E-state index is 10.7. The lowest BCUT2D eigenvalue weighted by molar-refractivity contribution is -0.384. The molecule has 0 saturated heterocycles. The van der Waals surface area contributed by atoms with Gasteiger partial charge in [-0.25, -0.2) is 0 Å². The topological polar surface area (TPSA) is 87.4 Å². The molecule has 108 valence electrons. The number of phenolic OH excluding ortho intramolecular Hbond substituents is 1. The molecule has 2 aromatic rings. The van der Waals surface area contributed by atoms with Gasteiger partial charge in [0.2, 0.25) is 0 Å². The van der Waals surface area contributed by atoms with Gasteiger partial charge < -0.3 is 15.7 Å². The lowest BCUT2D eigenvalue weighted by atomic mass is 10.3. The molecule has 0 fully saturated rings. The fraction of sp³-hybridized carbons (Fsp3) is 0. The Morgan fingerprint density at radius 3 is 2.67 bits per heavy atom. The van der Waals surface area contributed by atoms with Crippen molar-refractivity contribution in [2.24, 2.45) is 0 Å². The Balaban J connectivity index is 2.08. The Hall–Kier alpha value is -2.38. The summed E-state index contributed by atoms with van der Waals surface area (Å²) in [6.07, 6.45) is 0. The van der Waals surface area contributed by atoms with E-state index >= 15 is 0 Å². The first kappa shape index (κ1) is 15.0. The Bertz CT molecular complexity index is 709. The van der Waals surface area contributed by atoms with Gasteiger partial charge in [0.15, 0.2) is 5.11 Å². The summed E-state index contributed by atoms with van der Waals surface area (Å²) < 4.78 is 0. The van der Waals surface area contributed by atoms with Crippen LogP contribution in [0.2, 0.25) is 5.02 Å². The Morgan fingerprint density at radius 1 is 1.24 bits per heavy atom. The van der Waals surface area contributed by atoms with E-state index < -0.39 is 4.92 Å². The van der Waals surface area contributed by atoms with Gasteiger partial charge >= 0.3 is 0 Å². The monoisotopic (exact) mass is 323 g/mol. The van der Waals surface area contributed by atoms with Crippen molar-refractivity contribution in [3.63, 3.8) is 0 Å². The van der Waals surface area contributed by atoms with Gasteiger partial charge in [0.25, 0.3) is 5.69 Å². The van der Waals surface area contributed by atoms with Crippen molar-refractivity contribution in [3.05, 3.63) is 57.6 Å². The fourth-order valence-electron chi connectivity index (χ4n) is 1.59. The summed E-state index contributed by atoms with van der Waals surface area (Å²) in [4.78, 5) is 10.2. The van der Waals surface area contributed by atoms with Gasteiger partial charge in [0, 0.05) is 28.9 Å². The van der Waals surface area contributed by atoms with Gasteiger partial charge in [0.1, 0.15) is 5.75 Å². The maximum Gasteiger partial charge on any atom is 0.271 e. The minimum atomic E-state index is -0.493. The number of nitrogens with zero attached hydrogens (tertiary/aromatic N) is 1. The predicted molar refractivity (Wildman–Crippen MR) is 86.1 cm³/mol. The summed E-state index contributed by atoms with van der Waals surface area (Å²) in [6.45, 7) is 0. The fourth-order valence-corrected chi connectivity index (χ4v) is 1.99. The first-order chi connectivity index (χ1) is 9.95. The SMILES string of the molecule is O=[N+]([O-])c1cccc(NC(=S)Nc2ccc(Cl)cc2O)c1. The van der Waals surface area contributed by atoms with E-state index in [0.717, 1.165) is 0 Å². The number of phenols is 1. The molecule has 0 aromatic heterocycles. The third-order valence-corrected chi connectivity index (χ3v) is 2.96. The summed E-state index contributed by atoms with van der Waals surface area (Å²) in [5.74, 6) is -0.0503. The Morgan fingerprint density at radius 2 is 2.00 bits per heavy atom. The van der Waals surface area contributed by atoms with Crippen molar-refractivity contribution >= 4 is 46.0 Å². The van der Waals surface area contributed by atoms with Gasteiger partial charge in [-0.2, -0.15) is 0 Å². The van der Waals surface area contributed by atoms with Crippen molar-refractivity contribution in [1.82, 2.24) is 0 Å². The zero-order chi connectivity index (χ0) is 15.4. The van der Waals surface area contributed by atoms with Crippen LogP contribution in [0, 0.1) is 10.1 Å². The molecule has 2 rings (SSSR count). The highest BCUT2D eigenvalue weighted by atomic mass is 35.5. The van der Waals surface area contributed by atoms with Crippen LogP contribution in [0.3, 0.4) is 0 Å². The number of halogens is 1. The second kappa shape index (κ2) is 6.38. The standard InChI is InChI=1S/C13H10ClN3O3S/c14-8-4-5-11(12(18)6-8)16-13(21)15-9-2-1-3-10(7-9)17(19)20/h1-7,18H,(H2,15,16,21). The average molecular weight is 324 g/mol. The lowest BCUT2D eigenvalue weighted by Gasteiger charge is -2.11. The van der Waals surface area contributed by atoms with Crippen LogP contribution in [0.4, 0.5) is 17.1 Å². The first-order valence-corrected chi connectivity index (χ1v) is 6.55. The summed E-state index contributed by atoms with van der Waals surface area (Å²) in [6, 6.07) is 10.5. The molecule has 0 spiro atoms. The number of rotatable bonds is 3. The molecule has 0 radical (unpaired) electrons. The van der Waals surface area contributed by atoms with Crippen molar-refractivity contribution in [2.75, 3.05) is 10.6 Å². The molecule has 0 bridgehead atoms. The molecule has 21 heavy (non-hydrogen) atoms. The highest BCUT2D eigenvalue weighted by Gasteiger charge is 2.08. The van der Waals surface area contributed by atoms with Crippen LogP contribution < -0.4 is 10.6 Å². The zero-order valence-corrected chi connectivity index (χ0v) is 12.1. The van der Waals surface area contributed by atoms with Gasteiger partial charge in [-0.05, 0) is 30.4 Å². The normalized spacial score (nSPS) is 9.95. The van der Waals surface area contributed by atoms with E-state index in [4.69, 9.17) is 23.8 Å². The Labute approximate surface area is 130 Å². The molecule has 8 heteroatoms. The quantitative estimate of drug-likeness (QED) is 0.345. The molecule has 0 aliphatic heterocycles. The number of hydrogen-bond acceptors (Lipinski definition) is 4. The first-order valence-electron chi connectivity index (χ1n) is 5.76. The maximum absolute atomic E-state index is 10.7. The molecule has 0 amide bonds. The highest BCUT2D eigenvalue weighted by Crippen LogP contribution is 2.26. The zero-order valence-electron chi connectivity index (χ0n) is 10.5. The van der Waals surface area contributed by atoms with Crippen molar-refractivity contribution in [2.45, 2.75) is 0 Å². The number of non-ortho nitro benzene ring substituents is 1. The number of nitro benzene ring substituents is 1. The van der Waals surface area contributed by atoms with E-state index in [1.165, 1.54) is 18.2 Å². The molecule has 0 heterocycles. The van der Waals surface area contributed by atoms with Crippen LogP contribution in [0.1, 0.15) is 0 Å². The predicted octanol–water partition coefficient (Wildman–Crippen LogP) is 3.76. The van der Waals surface area contributed by atoms with Crippen LogP contribution in [-0.2, 0) is 0 Å². The van der Waals surface area contributed by atoms with Crippen LogP contribution in [0.25, 0.3) is 0 Å². The van der Waals surface area contributed by atoms with E-state index in [9.17, 15) is 15.2 Å². The van der Waals surface area contributed by atoms with Crippen LogP contribution in [-0.4, -0.2) is 15.1 Å². The second-order valence-electron chi connectivity index (χ2n) is 4.05. The third-order valence-electron chi connectivity index (χ3n) is 2.52. The summed E-state index contributed by atoms with van der Waals surface area (Å²) in [5.41, 5.74) is 0.801. The van der Waals surface area contributed by atoms with E-state index in [-0.39, 0.29) is 16.5 Å². The van der Waals surface area contributed by atoms with Gasteiger partial charge in [0.05, 0.1) is 10.6 Å². The summed E-state index contributed by atoms with van der Waals surface area (Å²) in [7, 11) is 0. The van der Waals surface area contributed by atoms with Gasteiger partial charge in [-0.1, -0.05) is 17.7 Å². The lowest BCUT2D eigenvalue weighted by Crippen LogP contribution is -2.19. The minimum absolute atomic E-state index is 0.0443. The largest absolute Gasteiger partial charge is 0.506 e.